The Morgan fingerprint density at radius 3 is 2.64 bits per heavy atom. The van der Waals surface area contributed by atoms with Gasteiger partial charge in [0.2, 0.25) is 5.91 Å². The average Bonchev–Trinajstić information content (AvgIpc) is 3.10. The first kappa shape index (κ1) is 15.3. The summed E-state index contributed by atoms with van der Waals surface area (Å²) >= 11 is 0. The smallest absolute Gasteiger partial charge is 0.228 e. The monoisotopic (exact) mass is 300 g/mol. The second kappa shape index (κ2) is 7.56. The SMILES string of the molecule is O=C([C@@H]1CCOC1)N1CCN(C/C=C/c2ccccc2)CC1. The molecular formula is C18H24N2O2. The Labute approximate surface area is 132 Å². The van der Waals surface area contributed by atoms with Gasteiger partial charge in [-0.3, -0.25) is 9.69 Å². The number of hydrogen-bond acceptors (Lipinski definition) is 3. The molecule has 2 aliphatic heterocycles. The lowest BCUT2D eigenvalue weighted by Crippen LogP contribution is -2.50. The van der Waals surface area contributed by atoms with Gasteiger partial charge in [-0.05, 0) is 12.0 Å². The first-order valence-electron chi connectivity index (χ1n) is 8.13. The molecule has 0 aliphatic carbocycles. The highest BCUT2D eigenvalue weighted by molar-refractivity contribution is 5.79. The standard InChI is InChI=1S/C18H24N2O2/c21-18(17-8-14-22-15-17)20-12-10-19(11-13-20)9-4-7-16-5-2-1-3-6-16/h1-7,17H,8-15H2/b7-4+/t17-/m1/s1. The van der Waals surface area contributed by atoms with Crippen LogP contribution in [0.5, 0.6) is 0 Å². The van der Waals surface area contributed by atoms with Gasteiger partial charge in [0.05, 0.1) is 12.5 Å². The Bertz CT molecular complexity index is 501. The molecule has 2 fully saturated rings. The van der Waals surface area contributed by atoms with E-state index in [0.717, 1.165) is 45.8 Å². The predicted octanol–water partition coefficient (Wildman–Crippen LogP) is 1.88. The zero-order chi connectivity index (χ0) is 15.2. The van der Waals surface area contributed by atoms with Gasteiger partial charge in [-0.15, -0.1) is 0 Å². The Morgan fingerprint density at radius 2 is 1.95 bits per heavy atom. The molecule has 1 aromatic rings. The summed E-state index contributed by atoms with van der Waals surface area (Å²) in [5.41, 5.74) is 1.23. The third-order valence-electron chi connectivity index (χ3n) is 4.44. The van der Waals surface area contributed by atoms with Crippen LogP contribution in [0.25, 0.3) is 6.08 Å². The van der Waals surface area contributed by atoms with Crippen molar-refractivity contribution in [3.63, 3.8) is 0 Å². The maximum absolute atomic E-state index is 12.3. The molecular weight excluding hydrogens is 276 g/mol. The van der Waals surface area contributed by atoms with Crippen molar-refractivity contribution >= 4 is 12.0 Å². The zero-order valence-electron chi connectivity index (χ0n) is 13.0. The van der Waals surface area contributed by atoms with Crippen molar-refractivity contribution in [2.75, 3.05) is 45.9 Å². The Morgan fingerprint density at radius 1 is 1.18 bits per heavy atom. The van der Waals surface area contributed by atoms with E-state index in [1.54, 1.807) is 0 Å². The van der Waals surface area contributed by atoms with Crippen LogP contribution in [0.4, 0.5) is 0 Å². The molecule has 2 aliphatic rings. The molecule has 2 heterocycles. The molecule has 3 rings (SSSR count). The molecule has 0 saturated carbocycles. The van der Waals surface area contributed by atoms with Crippen LogP contribution in [-0.2, 0) is 9.53 Å². The van der Waals surface area contributed by atoms with Crippen LogP contribution in [-0.4, -0.2) is 61.6 Å². The van der Waals surface area contributed by atoms with Crippen LogP contribution in [0, 0.1) is 5.92 Å². The van der Waals surface area contributed by atoms with E-state index in [1.807, 2.05) is 11.0 Å². The minimum atomic E-state index is 0.101. The second-order valence-corrected chi connectivity index (χ2v) is 6.00. The fourth-order valence-electron chi connectivity index (χ4n) is 3.04. The number of nitrogens with zero attached hydrogens (tertiary/aromatic N) is 2. The van der Waals surface area contributed by atoms with Crippen molar-refractivity contribution in [1.29, 1.82) is 0 Å². The molecule has 0 N–H and O–H groups in total. The predicted molar refractivity (Wildman–Crippen MR) is 87.4 cm³/mol. The molecule has 4 heteroatoms. The largest absolute Gasteiger partial charge is 0.381 e. The number of piperazine rings is 1. The van der Waals surface area contributed by atoms with Gasteiger partial charge < -0.3 is 9.64 Å². The van der Waals surface area contributed by atoms with Crippen LogP contribution in [0.3, 0.4) is 0 Å². The fraction of sp³-hybridized carbons (Fsp3) is 0.500. The Kier molecular flexibility index (Phi) is 5.24. The van der Waals surface area contributed by atoms with E-state index >= 15 is 0 Å². The van der Waals surface area contributed by atoms with E-state index in [2.05, 4.69) is 41.3 Å². The molecule has 0 bridgehead atoms. The van der Waals surface area contributed by atoms with Gasteiger partial charge in [0.25, 0.3) is 0 Å². The highest BCUT2D eigenvalue weighted by Gasteiger charge is 2.29. The van der Waals surface area contributed by atoms with Gasteiger partial charge in [0.15, 0.2) is 0 Å². The molecule has 1 amide bonds. The number of amides is 1. The third kappa shape index (κ3) is 3.96. The highest BCUT2D eigenvalue weighted by atomic mass is 16.5. The van der Waals surface area contributed by atoms with Gasteiger partial charge >= 0.3 is 0 Å². The van der Waals surface area contributed by atoms with Crippen LogP contribution in [0.2, 0.25) is 0 Å². The summed E-state index contributed by atoms with van der Waals surface area (Å²) in [5.74, 6) is 0.390. The molecule has 0 aromatic heterocycles. The van der Waals surface area contributed by atoms with Crippen LogP contribution < -0.4 is 0 Å². The van der Waals surface area contributed by atoms with Gasteiger partial charge in [-0.2, -0.15) is 0 Å². The molecule has 0 unspecified atom stereocenters. The van der Waals surface area contributed by atoms with Crippen LogP contribution in [0.1, 0.15) is 12.0 Å². The number of ether oxygens (including phenoxy) is 1. The third-order valence-corrected chi connectivity index (χ3v) is 4.44. The molecule has 4 nitrogen and oxygen atoms in total. The normalized spacial score (nSPS) is 23.3. The van der Waals surface area contributed by atoms with E-state index in [4.69, 9.17) is 4.74 Å². The molecule has 0 spiro atoms. The zero-order valence-corrected chi connectivity index (χ0v) is 13.0. The minimum absolute atomic E-state index is 0.101. The maximum atomic E-state index is 12.3. The van der Waals surface area contributed by atoms with E-state index in [1.165, 1.54) is 5.56 Å². The number of hydrogen-bond donors (Lipinski definition) is 0. The van der Waals surface area contributed by atoms with Crippen molar-refractivity contribution in [3.05, 3.63) is 42.0 Å². The van der Waals surface area contributed by atoms with E-state index in [0.29, 0.717) is 6.61 Å². The molecule has 0 radical (unpaired) electrons. The number of rotatable bonds is 4. The maximum Gasteiger partial charge on any atom is 0.228 e. The van der Waals surface area contributed by atoms with Gasteiger partial charge in [0, 0.05) is 39.3 Å². The summed E-state index contributed by atoms with van der Waals surface area (Å²) in [6, 6.07) is 10.4. The number of carbonyl (C=O) groups is 1. The van der Waals surface area contributed by atoms with Crippen molar-refractivity contribution in [3.8, 4) is 0 Å². The lowest BCUT2D eigenvalue weighted by Gasteiger charge is -2.35. The topological polar surface area (TPSA) is 32.8 Å². The van der Waals surface area contributed by atoms with E-state index < -0.39 is 0 Å². The van der Waals surface area contributed by atoms with E-state index in [-0.39, 0.29) is 11.8 Å². The fourth-order valence-corrected chi connectivity index (χ4v) is 3.04. The second-order valence-electron chi connectivity index (χ2n) is 6.00. The van der Waals surface area contributed by atoms with Crippen LogP contribution >= 0.6 is 0 Å². The van der Waals surface area contributed by atoms with Crippen molar-refractivity contribution in [2.24, 2.45) is 5.92 Å². The van der Waals surface area contributed by atoms with Crippen LogP contribution in [0.15, 0.2) is 36.4 Å². The molecule has 118 valence electrons. The summed E-state index contributed by atoms with van der Waals surface area (Å²) in [6.07, 6.45) is 5.25. The summed E-state index contributed by atoms with van der Waals surface area (Å²) < 4.78 is 5.32. The van der Waals surface area contributed by atoms with Crippen molar-refractivity contribution in [1.82, 2.24) is 9.80 Å². The summed E-state index contributed by atoms with van der Waals surface area (Å²) in [6.45, 7) is 5.89. The molecule has 1 aromatic carbocycles. The number of benzene rings is 1. The minimum Gasteiger partial charge on any atom is -0.381 e. The Hall–Kier alpha value is -1.65. The summed E-state index contributed by atoms with van der Waals surface area (Å²) in [7, 11) is 0. The lowest BCUT2D eigenvalue weighted by atomic mass is 10.1. The van der Waals surface area contributed by atoms with Gasteiger partial charge in [-0.25, -0.2) is 0 Å². The summed E-state index contributed by atoms with van der Waals surface area (Å²) in [5, 5.41) is 0. The molecule has 1 atom stereocenters. The lowest BCUT2D eigenvalue weighted by molar-refractivity contribution is -0.137. The summed E-state index contributed by atoms with van der Waals surface area (Å²) in [4.78, 5) is 16.7. The highest BCUT2D eigenvalue weighted by Crippen LogP contribution is 2.16. The Balaban J connectivity index is 1.42. The quantitative estimate of drug-likeness (QED) is 0.851. The van der Waals surface area contributed by atoms with Gasteiger partial charge in [0.1, 0.15) is 0 Å². The van der Waals surface area contributed by atoms with Gasteiger partial charge in [-0.1, -0.05) is 42.5 Å². The van der Waals surface area contributed by atoms with E-state index in [9.17, 15) is 4.79 Å². The molecule has 22 heavy (non-hydrogen) atoms. The average molecular weight is 300 g/mol. The first-order chi connectivity index (χ1) is 10.8. The van der Waals surface area contributed by atoms with Crippen molar-refractivity contribution in [2.45, 2.75) is 6.42 Å². The molecule has 2 saturated heterocycles. The number of carbonyl (C=O) groups excluding carboxylic acids is 1. The first-order valence-corrected chi connectivity index (χ1v) is 8.13. The van der Waals surface area contributed by atoms with Crippen molar-refractivity contribution < 1.29 is 9.53 Å².